The molecule has 0 saturated carbocycles. The standard InChI is InChI=1S/C20H19ClN4O3/c21-16-9-14(10-17-19(16)28-13-27-17)20(26)24-7-5-23(6-8-24)11-15-12-25-4-2-1-3-18(25)22-15/h1-4,9-10,12H,5-8,11,13H2. The van der Waals surface area contributed by atoms with Crippen molar-refractivity contribution in [3.8, 4) is 11.5 Å². The maximum absolute atomic E-state index is 12.9. The Labute approximate surface area is 167 Å². The molecule has 0 bridgehead atoms. The molecule has 0 N–H and O–H groups in total. The number of aromatic nitrogens is 2. The molecule has 2 aliphatic heterocycles. The normalized spacial score (nSPS) is 16.7. The van der Waals surface area contributed by atoms with Gasteiger partial charge in [0.2, 0.25) is 6.79 Å². The van der Waals surface area contributed by atoms with Crippen LogP contribution in [0.15, 0.2) is 42.7 Å². The summed E-state index contributed by atoms with van der Waals surface area (Å²) in [6.45, 7) is 3.85. The molecule has 0 spiro atoms. The van der Waals surface area contributed by atoms with Crippen molar-refractivity contribution in [2.45, 2.75) is 6.54 Å². The highest BCUT2D eigenvalue weighted by Gasteiger charge is 2.26. The van der Waals surface area contributed by atoms with Crippen molar-refractivity contribution in [1.29, 1.82) is 0 Å². The highest BCUT2D eigenvalue weighted by atomic mass is 35.5. The maximum Gasteiger partial charge on any atom is 0.254 e. The molecule has 0 atom stereocenters. The summed E-state index contributed by atoms with van der Waals surface area (Å²) in [5, 5.41) is 0.406. The largest absolute Gasteiger partial charge is 0.454 e. The fraction of sp³-hybridized carbons (Fsp3) is 0.300. The Bertz CT molecular complexity index is 1010. The van der Waals surface area contributed by atoms with Crippen molar-refractivity contribution in [2.75, 3.05) is 33.0 Å². The summed E-state index contributed by atoms with van der Waals surface area (Å²) < 4.78 is 12.7. The minimum Gasteiger partial charge on any atom is -0.454 e. The number of piperazine rings is 1. The minimum absolute atomic E-state index is 0.0346. The van der Waals surface area contributed by atoms with Gasteiger partial charge in [-0.1, -0.05) is 17.7 Å². The third-order valence-electron chi connectivity index (χ3n) is 5.13. The summed E-state index contributed by atoms with van der Waals surface area (Å²) in [6, 6.07) is 9.33. The molecule has 2 aromatic heterocycles. The number of ether oxygens (including phenoxy) is 2. The number of nitrogens with zero attached hydrogens (tertiary/aromatic N) is 4. The summed E-state index contributed by atoms with van der Waals surface area (Å²) >= 11 is 6.21. The number of amides is 1. The number of rotatable bonds is 3. The van der Waals surface area contributed by atoms with Gasteiger partial charge in [-0.15, -0.1) is 0 Å². The van der Waals surface area contributed by atoms with Gasteiger partial charge in [-0.3, -0.25) is 9.69 Å². The van der Waals surface area contributed by atoms with E-state index in [1.165, 1.54) is 0 Å². The van der Waals surface area contributed by atoms with Crippen LogP contribution in [0.25, 0.3) is 5.65 Å². The first-order valence-electron chi connectivity index (χ1n) is 9.21. The average molecular weight is 399 g/mol. The van der Waals surface area contributed by atoms with Crippen molar-refractivity contribution in [3.05, 3.63) is 59.0 Å². The quantitative estimate of drug-likeness (QED) is 0.679. The van der Waals surface area contributed by atoms with Crippen LogP contribution in [0.5, 0.6) is 11.5 Å². The Kier molecular flexibility index (Phi) is 4.33. The molecular formula is C20H19ClN4O3. The molecule has 1 saturated heterocycles. The van der Waals surface area contributed by atoms with Crippen LogP contribution in [0, 0.1) is 0 Å². The third-order valence-corrected chi connectivity index (χ3v) is 5.41. The molecule has 3 aromatic rings. The van der Waals surface area contributed by atoms with Crippen LogP contribution in [-0.2, 0) is 6.54 Å². The van der Waals surface area contributed by atoms with Crippen molar-refractivity contribution in [1.82, 2.24) is 19.2 Å². The monoisotopic (exact) mass is 398 g/mol. The number of halogens is 1. The number of carbonyl (C=O) groups is 1. The first-order chi connectivity index (χ1) is 13.7. The Morgan fingerprint density at radius 3 is 2.82 bits per heavy atom. The van der Waals surface area contributed by atoms with Crippen LogP contribution in [0.2, 0.25) is 5.02 Å². The molecule has 8 heteroatoms. The van der Waals surface area contributed by atoms with Gasteiger partial charge in [0.1, 0.15) is 5.65 Å². The van der Waals surface area contributed by atoms with E-state index in [1.54, 1.807) is 12.1 Å². The van der Waals surface area contributed by atoms with Gasteiger partial charge in [0, 0.05) is 50.7 Å². The molecule has 7 nitrogen and oxygen atoms in total. The van der Waals surface area contributed by atoms with Crippen molar-refractivity contribution in [3.63, 3.8) is 0 Å². The molecule has 0 aliphatic carbocycles. The van der Waals surface area contributed by atoms with Crippen LogP contribution < -0.4 is 9.47 Å². The molecule has 1 amide bonds. The number of imidazole rings is 1. The Balaban J connectivity index is 1.23. The fourth-order valence-corrected chi connectivity index (χ4v) is 3.94. The molecule has 1 fully saturated rings. The molecule has 4 heterocycles. The minimum atomic E-state index is -0.0346. The maximum atomic E-state index is 12.9. The zero-order valence-electron chi connectivity index (χ0n) is 15.2. The van der Waals surface area contributed by atoms with Gasteiger partial charge in [0.25, 0.3) is 5.91 Å². The predicted octanol–water partition coefficient (Wildman–Crippen LogP) is 2.67. The first kappa shape index (κ1) is 17.3. The van der Waals surface area contributed by atoms with Gasteiger partial charge < -0.3 is 18.8 Å². The summed E-state index contributed by atoms with van der Waals surface area (Å²) in [4.78, 5) is 21.7. The molecule has 0 unspecified atom stereocenters. The fourth-order valence-electron chi connectivity index (χ4n) is 3.67. The molecule has 5 rings (SSSR count). The zero-order chi connectivity index (χ0) is 19.1. The van der Waals surface area contributed by atoms with E-state index >= 15 is 0 Å². The molecule has 28 heavy (non-hydrogen) atoms. The van der Waals surface area contributed by atoms with E-state index in [9.17, 15) is 4.79 Å². The number of pyridine rings is 1. The van der Waals surface area contributed by atoms with Gasteiger partial charge in [0.05, 0.1) is 10.7 Å². The van der Waals surface area contributed by atoms with Crippen LogP contribution in [0.3, 0.4) is 0 Å². The predicted molar refractivity (Wildman–Crippen MR) is 104 cm³/mol. The molecular weight excluding hydrogens is 380 g/mol. The van der Waals surface area contributed by atoms with E-state index in [0.29, 0.717) is 35.2 Å². The highest BCUT2D eigenvalue weighted by molar-refractivity contribution is 6.32. The lowest BCUT2D eigenvalue weighted by Gasteiger charge is -2.34. The van der Waals surface area contributed by atoms with Crippen molar-refractivity contribution in [2.24, 2.45) is 0 Å². The summed E-state index contributed by atoms with van der Waals surface area (Å²) in [7, 11) is 0. The van der Waals surface area contributed by atoms with Crippen LogP contribution >= 0.6 is 11.6 Å². The summed E-state index contributed by atoms with van der Waals surface area (Å²) in [6.07, 6.45) is 4.06. The highest BCUT2D eigenvalue weighted by Crippen LogP contribution is 2.40. The Morgan fingerprint density at radius 2 is 2.00 bits per heavy atom. The van der Waals surface area contributed by atoms with E-state index in [0.717, 1.165) is 31.0 Å². The number of benzene rings is 1. The van der Waals surface area contributed by atoms with Gasteiger partial charge in [-0.25, -0.2) is 4.98 Å². The average Bonchev–Trinajstić information content (AvgIpc) is 3.34. The smallest absolute Gasteiger partial charge is 0.254 e. The number of hydrogen-bond acceptors (Lipinski definition) is 5. The van der Waals surface area contributed by atoms with Crippen molar-refractivity contribution >= 4 is 23.2 Å². The second-order valence-corrected chi connectivity index (χ2v) is 7.37. The summed E-state index contributed by atoms with van der Waals surface area (Å²) in [5.41, 5.74) is 2.52. The van der Waals surface area contributed by atoms with E-state index in [-0.39, 0.29) is 12.7 Å². The van der Waals surface area contributed by atoms with Crippen LogP contribution in [0.4, 0.5) is 0 Å². The second kappa shape index (κ2) is 7.00. The molecule has 1 aromatic carbocycles. The zero-order valence-corrected chi connectivity index (χ0v) is 15.9. The number of hydrogen-bond donors (Lipinski definition) is 0. The van der Waals surface area contributed by atoms with Gasteiger partial charge in [-0.2, -0.15) is 0 Å². The number of fused-ring (bicyclic) bond motifs is 2. The molecule has 2 aliphatic rings. The topological polar surface area (TPSA) is 59.3 Å². The molecule has 144 valence electrons. The van der Waals surface area contributed by atoms with E-state index < -0.39 is 0 Å². The first-order valence-corrected chi connectivity index (χ1v) is 9.58. The van der Waals surface area contributed by atoms with Crippen LogP contribution in [0.1, 0.15) is 16.1 Å². The number of carbonyl (C=O) groups excluding carboxylic acids is 1. The lowest BCUT2D eigenvalue weighted by atomic mass is 10.1. The van der Waals surface area contributed by atoms with Crippen LogP contribution in [-0.4, -0.2) is 58.1 Å². The lowest BCUT2D eigenvalue weighted by molar-refractivity contribution is 0.0627. The summed E-state index contributed by atoms with van der Waals surface area (Å²) in [5.74, 6) is 1.00. The SMILES string of the molecule is O=C(c1cc(Cl)c2c(c1)OCO2)N1CCN(Cc2cn3ccccc3n2)CC1. The van der Waals surface area contributed by atoms with E-state index in [4.69, 9.17) is 21.1 Å². The van der Waals surface area contributed by atoms with Gasteiger partial charge in [0.15, 0.2) is 11.5 Å². The third kappa shape index (κ3) is 3.16. The van der Waals surface area contributed by atoms with Gasteiger partial charge in [-0.05, 0) is 24.3 Å². The van der Waals surface area contributed by atoms with E-state index in [1.807, 2.05) is 33.7 Å². The van der Waals surface area contributed by atoms with E-state index in [2.05, 4.69) is 16.1 Å². The Hall–Kier alpha value is -2.77. The Morgan fingerprint density at radius 1 is 1.14 bits per heavy atom. The second-order valence-electron chi connectivity index (χ2n) is 6.96. The lowest BCUT2D eigenvalue weighted by Crippen LogP contribution is -2.48. The molecule has 0 radical (unpaired) electrons. The van der Waals surface area contributed by atoms with Gasteiger partial charge >= 0.3 is 0 Å². The van der Waals surface area contributed by atoms with Crippen molar-refractivity contribution < 1.29 is 14.3 Å².